The van der Waals surface area contributed by atoms with Gasteiger partial charge in [-0.05, 0) is 42.3 Å². The molecule has 0 radical (unpaired) electrons. The molecular formula is C23H21ClF4N4O2. The van der Waals surface area contributed by atoms with Crippen LogP contribution in [0.4, 0.5) is 17.6 Å². The van der Waals surface area contributed by atoms with Gasteiger partial charge in [0.25, 0.3) is 5.91 Å². The van der Waals surface area contributed by atoms with E-state index in [0.29, 0.717) is 29.6 Å². The van der Waals surface area contributed by atoms with Gasteiger partial charge in [-0.25, -0.2) is 9.37 Å². The van der Waals surface area contributed by atoms with Crippen LogP contribution in [0.1, 0.15) is 41.1 Å². The molecule has 2 atom stereocenters. The van der Waals surface area contributed by atoms with Crippen molar-refractivity contribution in [1.29, 1.82) is 0 Å². The van der Waals surface area contributed by atoms with Crippen molar-refractivity contribution in [3.8, 4) is 0 Å². The van der Waals surface area contributed by atoms with Crippen molar-refractivity contribution in [3.63, 3.8) is 0 Å². The van der Waals surface area contributed by atoms with Crippen LogP contribution in [0.2, 0.25) is 5.02 Å². The molecule has 0 bridgehead atoms. The zero-order valence-electron chi connectivity index (χ0n) is 17.9. The maximum Gasteiger partial charge on any atom is 0.389 e. The molecule has 2 amide bonds. The lowest BCUT2D eigenvalue weighted by atomic mass is 9.84. The Kier molecular flexibility index (Phi) is 6.79. The topological polar surface area (TPSA) is 66.7 Å². The maximum atomic E-state index is 14.0. The van der Waals surface area contributed by atoms with Gasteiger partial charge in [-0.3, -0.25) is 9.59 Å². The Morgan fingerprint density at radius 1 is 1.24 bits per heavy atom. The van der Waals surface area contributed by atoms with Crippen LogP contribution in [0, 0.1) is 5.82 Å². The first-order valence-electron chi connectivity index (χ1n) is 10.6. The first-order chi connectivity index (χ1) is 16.1. The van der Waals surface area contributed by atoms with Crippen molar-refractivity contribution in [2.45, 2.75) is 37.4 Å². The van der Waals surface area contributed by atoms with E-state index in [1.165, 1.54) is 11.0 Å². The summed E-state index contributed by atoms with van der Waals surface area (Å²) < 4.78 is 53.5. The molecule has 180 valence electrons. The zero-order valence-corrected chi connectivity index (χ0v) is 18.6. The molecule has 1 saturated heterocycles. The minimum absolute atomic E-state index is 0.0462. The van der Waals surface area contributed by atoms with Gasteiger partial charge in [-0.2, -0.15) is 13.2 Å². The van der Waals surface area contributed by atoms with Gasteiger partial charge in [0.15, 0.2) is 0 Å². The van der Waals surface area contributed by atoms with Crippen molar-refractivity contribution in [3.05, 3.63) is 71.0 Å². The number of piperidine rings is 1. The van der Waals surface area contributed by atoms with E-state index in [0.717, 1.165) is 6.07 Å². The second kappa shape index (κ2) is 9.61. The highest BCUT2D eigenvalue weighted by Gasteiger charge is 2.35. The van der Waals surface area contributed by atoms with Gasteiger partial charge < -0.3 is 14.6 Å². The van der Waals surface area contributed by atoms with Gasteiger partial charge in [0.2, 0.25) is 5.91 Å². The highest BCUT2D eigenvalue weighted by atomic mass is 35.5. The number of carbonyl (C=O) groups is 2. The van der Waals surface area contributed by atoms with Crippen molar-refractivity contribution in [2.75, 3.05) is 13.1 Å². The molecule has 6 nitrogen and oxygen atoms in total. The van der Waals surface area contributed by atoms with Crippen LogP contribution < -0.4 is 5.32 Å². The van der Waals surface area contributed by atoms with E-state index in [1.54, 1.807) is 41.3 Å². The van der Waals surface area contributed by atoms with E-state index in [1.807, 2.05) is 0 Å². The number of likely N-dealkylation sites (tertiary alicyclic amines) is 1. The first kappa shape index (κ1) is 24.0. The SMILES string of the molecule is O=C(CCC(F)(F)F)N[C@@H]1CN(C(=O)c2cccn3cncc23)CC[C@H]1c1cc(F)cc(Cl)c1. The Labute approximate surface area is 197 Å². The van der Waals surface area contributed by atoms with Crippen molar-refractivity contribution in [2.24, 2.45) is 0 Å². The van der Waals surface area contributed by atoms with E-state index in [2.05, 4.69) is 10.3 Å². The number of hydrogen-bond donors (Lipinski definition) is 1. The third-order valence-corrected chi connectivity index (χ3v) is 6.10. The molecule has 1 aromatic carbocycles. The van der Waals surface area contributed by atoms with Gasteiger partial charge in [0.1, 0.15) is 5.82 Å². The van der Waals surface area contributed by atoms with E-state index in [-0.39, 0.29) is 17.5 Å². The number of hydrogen-bond acceptors (Lipinski definition) is 3. The number of alkyl halides is 3. The van der Waals surface area contributed by atoms with Gasteiger partial charge >= 0.3 is 6.18 Å². The minimum atomic E-state index is -4.47. The second-order valence-corrected chi connectivity index (χ2v) is 8.68. The summed E-state index contributed by atoms with van der Waals surface area (Å²) in [6.45, 7) is 0.353. The summed E-state index contributed by atoms with van der Waals surface area (Å²) in [5.41, 5.74) is 1.53. The van der Waals surface area contributed by atoms with Gasteiger partial charge in [0.05, 0.1) is 36.1 Å². The van der Waals surface area contributed by atoms with Gasteiger partial charge in [-0.15, -0.1) is 0 Å². The molecule has 1 aliphatic heterocycles. The lowest BCUT2D eigenvalue weighted by Crippen LogP contribution is -2.53. The molecule has 11 heteroatoms. The molecule has 3 heterocycles. The smallest absolute Gasteiger partial charge is 0.351 e. The van der Waals surface area contributed by atoms with E-state index >= 15 is 0 Å². The summed E-state index contributed by atoms with van der Waals surface area (Å²) in [5.74, 6) is -2.08. The summed E-state index contributed by atoms with van der Waals surface area (Å²) >= 11 is 6.00. The van der Waals surface area contributed by atoms with Crippen LogP contribution in [0.15, 0.2) is 49.1 Å². The Morgan fingerprint density at radius 2 is 2.03 bits per heavy atom. The van der Waals surface area contributed by atoms with Crippen LogP contribution >= 0.6 is 11.6 Å². The first-order valence-corrected chi connectivity index (χ1v) is 11.0. The lowest BCUT2D eigenvalue weighted by Gasteiger charge is -2.39. The molecule has 1 aliphatic rings. The van der Waals surface area contributed by atoms with E-state index in [9.17, 15) is 27.2 Å². The third kappa shape index (κ3) is 5.49. The highest BCUT2D eigenvalue weighted by Crippen LogP contribution is 2.32. The molecule has 4 rings (SSSR count). The third-order valence-electron chi connectivity index (χ3n) is 5.88. The summed E-state index contributed by atoms with van der Waals surface area (Å²) in [6, 6.07) is 6.65. The average molecular weight is 497 g/mol. The number of aromatic nitrogens is 2. The van der Waals surface area contributed by atoms with E-state index < -0.39 is 42.7 Å². The Bertz CT molecular complexity index is 1190. The van der Waals surface area contributed by atoms with Crippen molar-refractivity contribution < 1.29 is 27.2 Å². The molecule has 0 spiro atoms. The second-order valence-electron chi connectivity index (χ2n) is 8.25. The number of pyridine rings is 1. The largest absolute Gasteiger partial charge is 0.389 e. The Balaban J connectivity index is 1.58. The van der Waals surface area contributed by atoms with Crippen molar-refractivity contribution in [1.82, 2.24) is 19.6 Å². The van der Waals surface area contributed by atoms with Gasteiger partial charge in [-0.1, -0.05) is 11.6 Å². The fourth-order valence-corrected chi connectivity index (χ4v) is 4.54. The molecule has 0 saturated carbocycles. The molecule has 1 fully saturated rings. The molecule has 3 aromatic rings. The average Bonchev–Trinajstić information content (AvgIpc) is 3.25. The fourth-order valence-electron chi connectivity index (χ4n) is 4.31. The summed E-state index contributed by atoms with van der Waals surface area (Å²) in [5, 5.41) is 2.80. The zero-order chi connectivity index (χ0) is 24.5. The molecular weight excluding hydrogens is 476 g/mol. The number of rotatable bonds is 5. The quantitative estimate of drug-likeness (QED) is 0.526. The fraction of sp³-hybridized carbons (Fsp3) is 0.348. The number of imidazole rings is 1. The van der Waals surface area contributed by atoms with Crippen LogP contribution in [-0.2, 0) is 4.79 Å². The number of nitrogens with one attached hydrogen (secondary N) is 1. The highest BCUT2D eigenvalue weighted by molar-refractivity contribution is 6.30. The number of carbonyl (C=O) groups excluding carboxylic acids is 2. The minimum Gasteiger partial charge on any atom is -0.351 e. The molecule has 1 N–H and O–H groups in total. The number of amides is 2. The van der Waals surface area contributed by atoms with Crippen molar-refractivity contribution >= 4 is 28.9 Å². The Hall–Kier alpha value is -3.14. The predicted molar refractivity (Wildman–Crippen MR) is 117 cm³/mol. The van der Waals surface area contributed by atoms with Crippen LogP contribution in [0.25, 0.3) is 5.52 Å². The number of halogens is 5. The van der Waals surface area contributed by atoms with E-state index in [4.69, 9.17) is 11.6 Å². The molecule has 0 unspecified atom stereocenters. The number of nitrogens with zero attached hydrogens (tertiary/aromatic N) is 3. The molecule has 0 aliphatic carbocycles. The van der Waals surface area contributed by atoms with Crippen LogP contribution in [0.5, 0.6) is 0 Å². The lowest BCUT2D eigenvalue weighted by molar-refractivity contribution is -0.144. The summed E-state index contributed by atoms with van der Waals surface area (Å²) in [7, 11) is 0. The predicted octanol–water partition coefficient (Wildman–Crippen LogP) is 4.58. The Morgan fingerprint density at radius 3 is 2.76 bits per heavy atom. The van der Waals surface area contributed by atoms with Crippen LogP contribution in [-0.4, -0.2) is 51.4 Å². The molecule has 2 aromatic heterocycles. The standard InChI is InChI=1S/C23H21ClF4N4O2/c24-15-8-14(9-16(25)10-15)17-4-7-31(12-19(17)30-21(33)3-5-23(26,27)28)22(34)18-2-1-6-32-13-29-11-20(18)32/h1-2,6,8-11,13,17,19H,3-5,7,12H2,(H,30,33)/t17-,19+/m0/s1. The normalized spacial score (nSPS) is 18.8. The summed E-state index contributed by atoms with van der Waals surface area (Å²) in [4.78, 5) is 31.2. The van der Waals surface area contributed by atoms with Gasteiger partial charge in [0, 0.05) is 36.6 Å². The number of fused-ring (bicyclic) bond motifs is 1. The molecule has 34 heavy (non-hydrogen) atoms. The monoisotopic (exact) mass is 496 g/mol. The maximum absolute atomic E-state index is 14.0. The number of benzene rings is 1. The summed E-state index contributed by atoms with van der Waals surface area (Å²) in [6.07, 6.45) is -1.22. The van der Waals surface area contributed by atoms with Crippen LogP contribution in [0.3, 0.4) is 0 Å².